The highest BCUT2D eigenvalue weighted by Crippen LogP contribution is 2.49. The van der Waals surface area contributed by atoms with Crippen molar-refractivity contribution in [3.8, 4) is 16.9 Å². The summed E-state index contributed by atoms with van der Waals surface area (Å²) in [5.74, 6) is 3.24. The third kappa shape index (κ3) is 4.06. The van der Waals surface area contributed by atoms with Crippen LogP contribution in [0.25, 0.3) is 11.1 Å². The van der Waals surface area contributed by atoms with Crippen LogP contribution in [0.2, 0.25) is 0 Å². The van der Waals surface area contributed by atoms with Gasteiger partial charge in [-0.05, 0) is 23.1 Å². The Morgan fingerprint density at radius 3 is 1.48 bits per heavy atom. The first kappa shape index (κ1) is 17.4. The van der Waals surface area contributed by atoms with Gasteiger partial charge in [-0.15, -0.1) is 0 Å². The molecule has 0 saturated heterocycles. The van der Waals surface area contributed by atoms with Gasteiger partial charge in [0.15, 0.2) is 0 Å². The van der Waals surface area contributed by atoms with E-state index in [0.717, 1.165) is 47.9 Å². The highest BCUT2D eigenvalue weighted by Gasteiger charge is 2.28. The number of nitrogens with zero attached hydrogens (tertiary/aromatic N) is 3. The molecule has 0 aromatic carbocycles. The van der Waals surface area contributed by atoms with E-state index in [1.54, 1.807) is 0 Å². The number of benzene rings is 1. The van der Waals surface area contributed by atoms with E-state index in [9.17, 15) is 5.11 Å². The van der Waals surface area contributed by atoms with E-state index in [2.05, 4.69) is 62.6 Å². The van der Waals surface area contributed by atoms with Gasteiger partial charge in [-0.1, -0.05) is 41.5 Å². The topological polar surface area (TPSA) is 58.9 Å². The van der Waals surface area contributed by atoms with Gasteiger partial charge in [-0.3, -0.25) is 0 Å². The van der Waals surface area contributed by atoms with Gasteiger partial charge in [0.05, 0.1) is 0 Å². The van der Waals surface area contributed by atoms with Crippen molar-refractivity contribution in [2.45, 2.75) is 66.2 Å². The maximum atomic E-state index is 9.59. The predicted octanol–water partition coefficient (Wildman–Crippen LogP) is 4.23. The Balaban J connectivity index is 0.000000167. The fourth-order valence-corrected chi connectivity index (χ4v) is 2.38. The minimum absolute atomic E-state index is 0.0747. The lowest BCUT2D eigenvalue weighted by Gasteiger charge is -2.17. The summed E-state index contributed by atoms with van der Waals surface area (Å²) < 4.78 is 0. The molecule has 0 radical (unpaired) electrons. The van der Waals surface area contributed by atoms with E-state index in [1.807, 2.05) is 6.07 Å². The zero-order valence-electron chi connectivity index (χ0n) is 15.1. The molecule has 3 rings (SSSR count). The second-order valence-corrected chi connectivity index (χ2v) is 6.81. The lowest BCUT2D eigenvalue weighted by Crippen LogP contribution is -2.09. The molecular weight excluding hydrogens is 286 g/mol. The van der Waals surface area contributed by atoms with Crippen molar-refractivity contribution < 1.29 is 5.11 Å². The van der Waals surface area contributed by atoms with E-state index in [-0.39, 0.29) is 5.41 Å². The summed E-state index contributed by atoms with van der Waals surface area (Å²) in [6.07, 6.45) is 2.67. The van der Waals surface area contributed by atoms with Crippen LogP contribution in [-0.2, 0) is 24.7 Å². The first-order valence-electron chi connectivity index (χ1n) is 8.40. The van der Waals surface area contributed by atoms with Crippen molar-refractivity contribution in [3.05, 3.63) is 35.2 Å². The zero-order chi connectivity index (χ0) is 17.2. The number of hydrogen-bond donors (Lipinski definition) is 1. The Morgan fingerprint density at radius 2 is 1.26 bits per heavy atom. The summed E-state index contributed by atoms with van der Waals surface area (Å²) in [6, 6.07) is 4.08. The molecule has 1 aromatic rings. The van der Waals surface area contributed by atoms with Crippen LogP contribution in [0.3, 0.4) is 0 Å². The summed E-state index contributed by atoms with van der Waals surface area (Å²) in [5.41, 5.74) is 3.41. The van der Waals surface area contributed by atoms with Gasteiger partial charge in [-0.25, -0.2) is 15.0 Å². The van der Waals surface area contributed by atoms with Crippen LogP contribution >= 0.6 is 0 Å². The van der Waals surface area contributed by atoms with Crippen molar-refractivity contribution in [2.24, 2.45) is 0 Å². The Labute approximate surface area is 139 Å². The van der Waals surface area contributed by atoms with E-state index < -0.39 is 0 Å². The van der Waals surface area contributed by atoms with Gasteiger partial charge in [0.1, 0.15) is 23.2 Å². The Hall–Kier alpha value is -1.97. The molecule has 0 fully saturated rings. The largest absolute Gasteiger partial charge is 0.507 e. The third-order valence-electron chi connectivity index (χ3n) is 3.87. The average Bonchev–Trinajstić information content (AvgIpc) is 3.23. The lowest BCUT2D eigenvalue weighted by molar-refractivity contribution is 0.452. The van der Waals surface area contributed by atoms with E-state index >= 15 is 0 Å². The van der Waals surface area contributed by atoms with Crippen LogP contribution in [0.5, 0.6) is 5.75 Å². The molecule has 0 bridgehead atoms. The van der Waals surface area contributed by atoms with E-state index in [1.165, 1.54) is 5.56 Å². The first-order valence-corrected chi connectivity index (χ1v) is 8.40. The number of aromatic nitrogens is 3. The van der Waals surface area contributed by atoms with Gasteiger partial charge < -0.3 is 5.11 Å². The number of rotatable bonds is 3. The maximum absolute atomic E-state index is 9.59. The summed E-state index contributed by atoms with van der Waals surface area (Å²) in [5, 5.41) is 9.59. The molecule has 2 aliphatic rings. The van der Waals surface area contributed by atoms with Crippen molar-refractivity contribution in [1.29, 1.82) is 0 Å². The maximum Gasteiger partial charge on any atom is 0.132 e. The summed E-state index contributed by atoms with van der Waals surface area (Å²) >= 11 is 0. The summed E-state index contributed by atoms with van der Waals surface area (Å²) in [4.78, 5) is 12.9. The van der Waals surface area contributed by atoms with Crippen LogP contribution in [0.4, 0.5) is 0 Å². The molecule has 0 spiro atoms. The molecule has 0 atom stereocenters. The molecule has 1 heterocycles. The molecule has 2 aliphatic carbocycles. The molecule has 4 heteroatoms. The monoisotopic (exact) mass is 313 g/mol. The molecule has 23 heavy (non-hydrogen) atoms. The number of phenolic OH excluding ortho intramolecular Hbond substituents is 1. The van der Waals surface area contributed by atoms with Gasteiger partial charge >= 0.3 is 0 Å². The van der Waals surface area contributed by atoms with Gasteiger partial charge in [0.25, 0.3) is 0 Å². The smallest absolute Gasteiger partial charge is 0.132 e. The Bertz CT molecular complexity index is 647. The van der Waals surface area contributed by atoms with Crippen molar-refractivity contribution in [3.63, 3.8) is 0 Å². The van der Waals surface area contributed by atoms with Gasteiger partial charge in [0, 0.05) is 30.4 Å². The van der Waals surface area contributed by atoms with Crippen LogP contribution in [0.1, 0.15) is 64.6 Å². The fourth-order valence-electron chi connectivity index (χ4n) is 2.38. The second kappa shape index (κ2) is 6.65. The second-order valence-electron chi connectivity index (χ2n) is 6.81. The van der Waals surface area contributed by atoms with E-state index in [4.69, 9.17) is 0 Å². The van der Waals surface area contributed by atoms with Crippen molar-refractivity contribution in [2.75, 3.05) is 0 Å². The summed E-state index contributed by atoms with van der Waals surface area (Å²) in [6.45, 7) is 12.5. The lowest BCUT2D eigenvalue weighted by atomic mass is 9.88. The molecule has 0 unspecified atom stereocenters. The molecule has 0 saturated carbocycles. The minimum Gasteiger partial charge on any atom is -0.507 e. The molecule has 1 N–H and O–H groups in total. The zero-order valence-corrected chi connectivity index (χ0v) is 15.1. The minimum atomic E-state index is 0.0747. The number of hydrogen-bond acceptors (Lipinski definition) is 4. The summed E-state index contributed by atoms with van der Waals surface area (Å²) in [7, 11) is 0. The Morgan fingerprint density at radius 1 is 0.826 bits per heavy atom. The number of aromatic hydroxyl groups is 1. The quantitative estimate of drug-likeness (QED) is 0.786. The van der Waals surface area contributed by atoms with Crippen LogP contribution in [0.15, 0.2) is 12.1 Å². The number of fused-ring (bicyclic) bond motifs is 1. The molecule has 0 aliphatic heterocycles. The SMILES string of the molecule is CC(C)(C)c1cc2cc-2c1O.CCc1nc(CC)nc(CC)n1. The number of aryl methyl sites for hydroxylation is 3. The van der Waals surface area contributed by atoms with Gasteiger partial charge in [-0.2, -0.15) is 0 Å². The molecule has 0 amide bonds. The predicted molar refractivity (Wildman–Crippen MR) is 93.8 cm³/mol. The molecule has 124 valence electrons. The van der Waals surface area contributed by atoms with Crippen molar-refractivity contribution in [1.82, 2.24) is 15.0 Å². The normalized spacial score (nSPS) is 11.7. The van der Waals surface area contributed by atoms with Crippen LogP contribution in [-0.4, -0.2) is 20.1 Å². The van der Waals surface area contributed by atoms with E-state index in [0.29, 0.717) is 5.75 Å². The van der Waals surface area contributed by atoms with Crippen molar-refractivity contribution >= 4 is 0 Å². The van der Waals surface area contributed by atoms with Crippen LogP contribution < -0.4 is 0 Å². The molecule has 4 nitrogen and oxygen atoms in total. The highest BCUT2D eigenvalue weighted by atomic mass is 16.3. The van der Waals surface area contributed by atoms with Gasteiger partial charge in [0.2, 0.25) is 0 Å². The fraction of sp³-hybridized carbons (Fsp3) is 0.526. The first-order chi connectivity index (χ1) is 10.8. The van der Waals surface area contributed by atoms with Crippen LogP contribution in [0, 0.1) is 0 Å². The highest BCUT2D eigenvalue weighted by molar-refractivity contribution is 5.89. The number of phenols is 1. The Kier molecular flexibility index (Phi) is 5.03. The molecule has 1 aromatic heterocycles. The third-order valence-corrected chi connectivity index (χ3v) is 3.87. The standard InChI is InChI=1S/C10H12O.C9H15N3/c1-10(2,3)8-5-6-4-7(6)9(8)11;1-4-7-10-8(5-2)12-9(6-3)11-7/h4-5,11H,1-3H3;4-6H2,1-3H3. The average molecular weight is 313 g/mol. The molecular formula is C19H27N3O.